The lowest BCUT2D eigenvalue weighted by Crippen LogP contribution is -2.33. The van der Waals surface area contributed by atoms with Crippen LogP contribution in [0.15, 0.2) is 48.5 Å². The molecule has 0 spiro atoms. The molecule has 0 fully saturated rings. The highest BCUT2D eigenvalue weighted by molar-refractivity contribution is 6.04. The Kier molecular flexibility index (Phi) is 3.78. The predicted octanol–water partition coefficient (Wildman–Crippen LogP) is 2.05. The summed E-state index contributed by atoms with van der Waals surface area (Å²) in [5.41, 5.74) is 2.38. The minimum Gasteiger partial charge on any atom is -0.497 e. The molecule has 0 radical (unpaired) electrons. The number of rotatable bonds is 4. The molecule has 1 heterocycles. The number of methoxy groups -OCH3 is 1. The molecule has 0 aromatic heterocycles. The summed E-state index contributed by atoms with van der Waals surface area (Å²) < 4.78 is 5.14. The number of anilines is 1. The van der Waals surface area contributed by atoms with Gasteiger partial charge in [-0.25, -0.2) is 0 Å². The molecule has 0 bridgehead atoms. The third-order valence-corrected chi connectivity index (χ3v) is 3.60. The van der Waals surface area contributed by atoms with Crippen molar-refractivity contribution in [1.82, 2.24) is 5.32 Å². The van der Waals surface area contributed by atoms with Crippen LogP contribution in [0.5, 0.6) is 5.75 Å². The first kappa shape index (κ1) is 14.1. The van der Waals surface area contributed by atoms with Gasteiger partial charge in [-0.05, 0) is 23.8 Å². The van der Waals surface area contributed by atoms with Gasteiger partial charge < -0.3 is 15.4 Å². The van der Waals surface area contributed by atoms with Crippen molar-refractivity contribution in [2.75, 3.05) is 12.4 Å². The highest BCUT2D eigenvalue weighted by Gasteiger charge is 2.31. The average Bonchev–Trinajstić information content (AvgIpc) is 2.83. The Bertz CT molecular complexity index is 727. The van der Waals surface area contributed by atoms with E-state index in [2.05, 4.69) is 10.6 Å². The molecule has 0 saturated carbocycles. The van der Waals surface area contributed by atoms with E-state index in [9.17, 15) is 9.59 Å². The van der Waals surface area contributed by atoms with Gasteiger partial charge in [0.25, 0.3) is 5.91 Å². The van der Waals surface area contributed by atoms with E-state index in [1.165, 1.54) is 0 Å². The number of nitrogens with one attached hydrogen (secondary N) is 2. The van der Waals surface area contributed by atoms with Gasteiger partial charge in [-0.15, -0.1) is 0 Å². The Labute approximate surface area is 128 Å². The van der Waals surface area contributed by atoms with Crippen LogP contribution < -0.4 is 15.4 Å². The van der Waals surface area contributed by atoms with Crippen molar-refractivity contribution >= 4 is 17.5 Å². The standard InChI is InChI=1S/C17H16N2O3/c1-22-12-6-4-5-11(9-12)10-15(20)19-16-13-7-2-3-8-14(13)18-17(16)21/h2-9,16H,10H2,1H3,(H,18,21)(H,19,20). The van der Waals surface area contributed by atoms with E-state index < -0.39 is 6.04 Å². The lowest BCUT2D eigenvalue weighted by Gasteiger charge is -2.12. The van der Waals surface area contributed by atoms with Crippen LogP contribution in [0.1, 0.15) is 17.2 Å². The van der Waals surface area contributed by atoms with Gasteiger partial charge in [-0.3, -0.25) is 9.59 Å². The first-order valence-corrected chi connectivity index (χ1v) is 6.99. The second-order valence-corrected chi connectivity index (χ2v) is 5.11. The summed E-state index contributed by atoms with van der Waals surface area (Å²) in [7, 11) is 1.58. The maximum atomic E-state index is 12.2. The van der Waals surface area contributed by atoms with E-state index in [0.717, 1.165) is 16.8 Å². The number of amides is 2. The Morgan fingerprint density at radius 3 is 2.86 bits per heavy atom. The van der Waals surface area contributed by atoms with Gasteiger partial charge >= 0.3 is 0 Å². The number of ether oxygens (including phenoxy) is 1. The summed E-state index contributed by atoms with van der Waals surface area (Å²) >= 11 is 0. The molecule has 2 N–H and O–H groups in total. The summed E-state index contributed by atoms with van der Waals surface area (Å²) in [6.07, 6.45) is 0.198. The van der Waals surface area contributed by atoms with Crippen molar-refractivity contribution in [3.05, 3.63) is 59.7 Å². The SMILES string of the molecule is COc1cccc(CC(=O)NC2C(=O)Nc3ccccc32)c1. The second-order valence-electron chi connectivity index (χ2n) is 5.11. The molecular formula is C17H16N2O3. The zero-order valence-corrected chi connectivity index (χ0v) is 12.1. The van der Waals surface area contributed by atoms with Crippen LogP contribution in [0.3, 0.4) is 0 Å². The molecule has 5 nitrogen and oxygen atoms in total. The van der Waals surface area contributed by atoms with Gasteiger partial charge in [0.15, 0.2) is 0 Å². The number of carbonyl (C=O) groups excluding carboxylic acids is 2. The van der Waals surface area contributed by atoms with Gasteiger partial charge in [-0.2, -0.15) is 0 Å². The fourth-order valence-corrected chi connectivity index (χ4v) is 2.53. The van der Waals surface area contributed by atoms with Crippen LogP contribution in [-0.4, -0.2) is 18.9 Å². The fraction of sp³-hybridized carbons (Fsp3) is 0.176. The largest absolute Gasteiger partial charge is 0.497 e. The van der Waals surface area contributed by atoms with Crippen molar-refractivity contribution in [3.8, 4) is 5.75 Å². The topological polar surface area (TPSA) is 67.4 Å². The van der Waals surface area contributed by atoms with Gasteiger partial charge in [-0.1, -0.05) is 30.3 Å². The van der Waals surface area contributed by atoms with Crippen LogP contribution in [0.2, 0.25) is 0 Å². The van der Waals surface area contributed by atoms with Crippen LogP contribution in [0, 0.1) is 0 Å². The number of carbonyl (C=O) groups is 2. The zero-order valence-electron chi connectivity index (χ0n) is 12.1. The van der Waals surface area contributed by atoms with E-state index in [1.54, 1.807) is 7.11 Å². The maximum Gasteiger partial charge on any atom is 0.251 e. The van der Waals surface area contributed by atoms with Crippen molar-refractivity contribution in [3.63, 3.8) is 0 Å². The Morgan fingerprint density at radius 2 is 2.05 bits per heavy atom. The average molecular weight is 296 g/mol. The van der Waals surface area contributed by atoms with Gasteiger partial charge in [0.2, 0.25) is 5.91 Å². The van der Waals surface area contributed by atoms with E-state index in [-0.39, 0.29) is 18.2 Å². The van der Waals surface area contributed by atoms with E-state index in [0.29, 0.717) is 5.75 Å². The molecule has 0 saturated heterocycles. The maximum absolute atomic E-state index is 12.2. The highest BCUT2D eigenvalue weighted by Crippen LogP contribution is 2.30. The molecule has 0 aliphatic carbocycles. The fourth-order valence-electron chi connectivity index (χ4n) is 2.53. The number of benzene rings is 2. The third kappa shape index (κ3) is 2.79. The molecule has 2 amide bonds. The molecular weight excluding hydrogens is 280 g/mol. The molecule has 1 aliphatic rings. The molecule has 22 heavy (non-hydrogen) atoms. The van der Waals surface area contributed by atoms with E-state index in [1.807, 2.05) is 48.5 Å². The van der Waals surface area contributed by atoms with Gasteiger partial charge in [0, 0.05) is 11.3 Å². The van der Waals surface area contributed by atoms with Crippen molar-refractivity contribution in [2.45, 2.75) is 12.5 Å². The summed E-state index contributed by atoms with van der Waals surface area (Å²) in [6.45, 7) is 0. The Hall–Kier alpha value is -2.82. The molecule has 112 valence electrons. The molecule has 1 unspecified atom stereocenters. The Morgan fingerprint density at radius 1 is 1.23 bits per heavy atom. The monoisotopic (exact) mass is 296 g/mol. The summed E-state index contributed by atoms with van der Waals surface area (Å²) in [6, 6.07) is 14.0. The van der Waals surface area contributed by atoms with Crippen LogP contribution in [-0.2, 0) is 16.0 Å². The molecule has 5 heteroatoms. The summed E-state index contributed by atoms with van der Waals surface area (Å²) in [4.78, 5) is 24.2. The molecule has 1 aliphatic heterocycles. The van der Waals surface area contributed by atoms with Gasteiger partial charge in [0.1, 0.15) is 11.8 Å². The molecule has 1 atom stereocenters. The lowest BCUT2D eigenvalue weighted by molar-refractivity contribution is -0.125. The third-order valence-electron chi connectivity index (χ3n) is 3.60. The van der Waals surface area contributed by atoms with Crippen molar-refractivity contribution in [2.24, 2.45) is 0 Å². The van der Waals surface area contributed by atoms with Crippen molar-refractivity contribution < 1.29 is 14.3 Å². The molecule has 3 rings (SSSR count). The zero-order chi connectivity index (χ0) is 15.5. The number of para-hydroxylation sites is 1. The second kappa shape index (κ2) is 5.89. The van der Waals surface area contributed by atoms with Crippen molar-refractivity contribution in [1.29, 1.82) is 0 Å². The van der Waals surface area contributed by atoms with Crippen LogP contribution >= 0.6 is 0 Å². The van der Waals surface area contributed by atoms with Crippen LogP contribution in [0.25, 0.3) is 0 Å². The Balaban J connectivity index is 1.71. The first-order valence-electron chi connectivity index (χ1n) is 6.99. The quantitative estimate of drug-likeness (QED) is 0.907. The number of hydrogen-bond donors (Lipinski definition) is 2. The van der Waals surface area contributed by atoms with Gasteiger partial charge in [0.05, 0.1) is 13.5 Å². The van der Waals surface area contributed by atoms with Crippen LogP contribution in [0.4, 0.5) is 5.69 Å². The number of fused-ring (bicyclic) bond motifs is 1. The smallest absolute Gasteiger partial charge is 0.251 e. The predicted molar refractivity (Wildman–Crippen MR) is 82.7 cm³/mol. The normalized spacial score (nSPS) is 15.9. The summed E-state index contributed by atoms with van der Waals surface area (Å²) in [5, 5.41) is 5.54. The summed E-state index contributed by atoms with van der Waals surface area (Å²) in [5.74, 6) is 0.291. The minimum atomic E-state index is -0.630. The van der Waals surface area contributed by atoms with E-state index >= 15 is 0 Å². The molecule has 2 aromatic carbocycles. The highest BCUT2D eigenvalue weighted by atomic mass is 16.5. The molecule has 2 aromatic rings. The van der Waals surface area contributed by atoms with E-state index in [4.69, 9.17) is 4.74 Å². The minimum absolute atomic E-state index is 0.198. The number of hydrogen-bond acceptors (Lipinski definition) is 3. The lowest BCUT2D eigenvalue weighted by atomic mass is 10.1. The first-order chi connectivity index (χ1) is 10.7.